The molecule has 1 aliphatic rings. The standard InChI is InChI=1S/C22H29N2O2P/c1-14(2)11-22(4,27)13-26-19-7-6-16(10-15(19)3)17-8-9-23-18-12-24(5)21(25)20(17)18/h6-10,14H,11-13,27H2,1-5H3/t22-/m0/s1. The number of pyridine rings is 1. The molecule has 0 bridgehead atoms. The van der Waals surface area contributed by atoms with Gasteiger partial charge in [-0.3, -0.25) is 9.78 Å². The van der Waals surface area contributed by atoms with Crippen molar-refractivity contribution < 1.29 is 9.53 Å². The molecule has 27 heavy (non-hydrogen) atoms. The van der Waals surface area contributed by atoms with Gasteiger partial charge in [0.2, 0.25) is 0 Å². The maximum atomic E-state index is 12.5. The molecule has 5 heteroatoms. The van der Waals surface area contributed by atoms with Crippen molar-refractivity contribution in [1.82, 2.24) is 9.88 Å². The number of fused-ring (bicyclic) bond motifs is 1. The third-order valence-corrected chi connectivity index (χ3v) is 5.30. The molecule has 2 heterocycles. The first-order valence-corrected chi connectivity index (χ1v) is 10.0. The molecule has 4 nitrogen and oxygen atoms in total. The van der Waals surface area contributed by atoms with Crippen LogP contribution in [0.2, 0.25) is 0 Å². The van der Waals surface area contributed by atoms with Crippen molar-refractivity contribution in [3.8, 4) is 16.9 Å². The van der Waals surface area contributed by atoms with Gasteiger partial charge in [0.15, 0.2) is 0 Å². The van der Waals surface area contributed by atoms with Crippen molar-refractivity contribution in [2.24, 2.45) is 5.92 Å². The fourth-order valence-electron chi connectivity index (χ4n) is 3.80. The number of ether oxygens (including phenoxy) is 1. The summed E-state index contributed by atoms with van der Waals surface area (Å²) in [5.74, 6) is 1.56. The van der Waals surface area contributed by atoms with E-state index in [0.29, 0.717) is 19.1 Å². The second kappa shape index (κ2) is 7.59. The highest BCUT2D eigenvalue weighted by Gasteiger charge is 2.29. The molecular formula is C22H29N2O2P. The van der Waals surface area contributed by atoms with Crippen LogP contribution in [-0.4, -0.2) is 34.6 Å². The molecule has 0 saturated heterocycles. The summed E-state index contributed by atoms with van der Waals surface area (Å²) >= 11 is 0. The minimum Gasteiger partial charge on any atom is -0.492 e. The van der Waals surface area contributed by atoms with E-state index in [0.717, 1.165) is 40.1 Å². The smallest absolute Gasteiger partial charge is 0.256 e. The van der Waals surface area contributed by atoms with E-state index in [1.54, 1.807) is 11.1 Å². The van der Waals surface area contributed by atoms with Crippen LogP contribution in [0, 0.1) is 12.8 Å². The number of hydrogen-bond acceptors (Lipinski definition) is 3. The largest absolute Gasteiger partial charge is 0.492 e. The zero-order valence-electron chi connectivity index (χ0n) is 16.9. The lowest BCUT2D eigenvalue weighted by atomic mass is 9.97. The number of hydrogen-bond donors (Lipinski definition) is 0. The van der Waals surface area contributed by atoms with Crippen molar-refractivity contribution in [2.45, 2.75) is 45.8 Å². The Kier molecular flexibility index (Phi) is 5.58. The monoisotopic (exact) mass is 384 g/mol. The molecule has 2 aromatic rings. The number of aryl methyl sites for hydroxylation is 1. The Morgan fingerprint density at radius 2 is 2.07 bits per heavy atom. The summed E-state index contributed by atoms with van der Waals surface area (Å²) in [6.45, 7) is 9.96. The van der Waals surface area contributed by atoms with Crippen LogP contribution in [0.25, 0.3) is 11.1 Å². The number of amides is 1. The van der Waals surface area contributed by atoms with E-state index in [1.165, 1.54) is 0 Å². The molecule has 1 aromatic carbocycles. The van der Waals surface area contributed by atoms with Crippen molar-refractivity contribution in [3.63, 3.8) is 0 Å². The van der Waals surface area contributed by atoms with Crippen LogP contribution in [0.1, 0.15) is 48.8 Å². The third-order valence-electron chi connectivity index (χ3n) is 4.89. The number of carbonyl (C=O) groups is 1. The van der Waals surface area contributed by atoms with E-state index in [-0.39, 0.29) is 11.1 Å². The summed E-state index contributed by atoms with van der Waals surface area (Å²) in [7, 11) is 4.75. The predicted octanol–water partition coefficient (Wildman–Crippen LogP) is 4.70. The number of benzene rings is 1. The molecule has 1 aromatic heterocycles. The lowest BCUT2D eigenvalue weighted by Crippen LogP contribution is -2.27. The maximum absolute atomic E-state index is 12.5. The van der Waals surface area contributed by atoms with Crippen LogP contribution in [0.3, 0.4) is 0 Å². The number of aromatic nitrogens is 1. The summed E-state index contributed by atoms with van der Waals surface area (Å²) < 4.78 is 6.12. The summed E-state index contributed by atoms with van der Waals surface area (Å²) in [4.78, 5) is 18.6. The molecule has 1 aliphatic heterocycles. The van der Waals surface area contributed by atoms with Gasteiger partial charge in [-0.05, 0) is 54.2 Å². The Morgan fingerprint density at radius 3 is 2.74 bits per heavy atom. The minimum atomic E-state index is 0.0403. The molecule has 144 valence electrons. The van der Waals surface area contributed by atoms with Gasteiger partial charge in [-0.1, -0.05) is 26.8 Å². The molecule has 0 spiro atoms. The highest BCUT2D eigenvalue weighted by atomic mass is 31.0. The Labute approximate surface area is 164 Å². The quantitative estimate of drug-likeness (QED) is 0.678. The van der Waals surface area contributed by atoms with Gasteiger partial charge in [-0.25, -0.2) is 0 Å². The summed E-state index contributed by atoms with van der Waals surface area (Å²) in [6.07, 6.45) is 2.87. The number of nitrogens with zero attached hydrogens (tertiary/aromatic N) is 2. The van der Waals surface area contributed by atoms with Crippen molar-refractivity contribution in [1.29, 1.82) is 0 Å². The Bertz CT molecular complexity index is 861. The van der Waals surface area contributed by atoms with Crippen LogP contribution in [-0.2, 0) is 6.54 Å². The Morgan fingerprint density at radius 1 is 1.33 bits per heavy atom. The van der Waals surface area contributed by atoms with Gasteiger partial charge >= 0.3 is 0 Å². The second-order valence-electron chi connectivity index (χ2n) is 8.36. The van der Waals surface area contributed by atoms with Gasteiger partial charge in [-0.2, -0.15) is 0 Å². The minimum absolute atomic E-state index is 0.0403. The third kappa shape index (κ3) is 4.32. The molecule has 1 amide bonds. The van der Waals surface area contributed by atoms with E-state index >= 15 is 0 Å². The SMILES string of the molecule is Cc1cc(-c2ccnc3c2C(=O)N(C)C3)ccc1OC[C@@](C)(P)CC(C)C. The van der Waals surface area contributed by atoms with Crippen molar-refractivity contribution in [3.05, 3.63) is 47.3 Å². The molecule has 0 N–H and O–H groups in total. The molecule has 0 radical (unpaired) electrons. The van der Waals surface area contributed by atoms with Gasteiger partial charge < -0.3 is 9.64 Å². The molecule has 0 fully saturated rings. The first kappa shape index (κ1) is 19.8. The highest BCUT2D eigenvalue weighted by Crippen LogP contribution is 2.34. The highest BCUT2D eigenvalue weighted by molar-refractivity contribution is 7.19. The topological polar surface area (TPSA) is 42.4 Å². The van der Waals surface area contributed by atoms with Crippen LogP contribution in [0.15, 0.2) is 30.5 Å². The van der Waals surface area contributed by atoms with Crippen LogP contribution in [0.4, 0.5) is 0 Å². The molecule has 0 saturated carbocycles. The summed E-state index contributed by atoms with van der Waals surface area (Å²) in [6, 6.07) is 8.07. The first-order valence-electron chi connectivity index (χ1n) is 9.44. The van der Waals surface area contributed by atoms with Crippen LogP contribution < -0.4 is 4.74 Å². The lowest BCUT2D eigenvalue weighted by Gasteiger charge is -2.27. The lowest BCUT2D eigenvalue weighted by molar-refractivity contribution is 0.0817. The van der Waals surface area contributed by atoms with Crippen molar-refractivity contribution in [2.75, 3.05) is 13.7 Å². The van der Waals surface area contributed by atoms with Gasteiger partial charge in [0.1, 0.15) is 5.75 Å². The molecule has 1 unspecified atom stereocenters. The fourth-order valence-corrected chi connectivity index (χ4v) is 4.36. The first-order chi connectivity index (χ1) is 12.7. The van der Waals surface area contributed by atoms with E-state index < -0.39 is 0 Å². The van der Waals surface area contributed by atoms with Gasteiger partial charge in [0.05, 0.1) is 24.4 Å². The van der Waals surface area contributed by atoms with Gasteiger partial charge in [-0.15, -0.1) is 9.24 Å². The van der Waals surface area contributed by atoms with Crippen molar-refractivity contribution >= 4 is 15.1 Å². The predicted molar refractivity (Wildman–Crippen MR) is 113 cm³/mol. The van der Waals surface area contributed by atoms with E-state index in [4.69, 9.17) is 4.74 Å². The average molecular weight is 384 g/mol. The normalized spacial score (nSPS) is 15.8. The van der Waals surface area contributed by atoms with E-state index in [1.807, 2.05) is 25.2 Å². The maximum Gasteiger partial charge on any atom is 0.256 e. The van der Waals surface area contributed by atoms with Gasteiger partial charge in [0.25, 0.3) is 5.91 Å². The van der Waals surface area contributed by atoms with Crippen LogP contribution >= 0.6 is 9.24 Å². The van der Waals surface area contributed by atoms with Gasteiger partial charge in [0, 0.05) is 18.4 Å². The zero-order chi connectivity index (χ0) is 19.8. The zero-order valence-corrected chi connectivity index (χ0v) is 18.0. The molecule has 3 rings (SSSR count). The van der Waals surface area contributed by atoms with Crippen LogP contribution in [0.5, 0.6) is 5.75 Å². The molecule has 0 aliphatic carbocycles. The number of carbonyl (C=O) groups excluding carboxylic acids is 1. The second-order valence-corrected chi connectivity index (χ2v) is 9.76. The number of rotatable bonds is 6. The Hall–Kier alpha value is -1.93. The fraction of sp³-hybridized carbons (Fsp3) is 0.455. The summed E-state index contributed by atoms with van der Waals surface area (Å²) in [5, 5.41) is 0.0577. The molecular weight excluding hydrogens is 355 g/mol. The van der Waals surface area contributed by atoms with E-state index in [9.17, 15) is 4.79 Å². The Balaban J connectivity index is 1.83. The van der Waals surface area contributed by atoms with E-state index in [2.05, 4.69) is 48.0 Å². The molecule has 2 atom stereocenters. The average Bonchev–Trinajstić information content (AvgIpc) is 2.87. The summed E-state index contributed by atoms with van der Waals surface area (Å²) in [5.41, 5.74) is 4.62.